The van der Waals surface area contributed by atoms with Crippen molar-refractivity contribution in [3.63, 3.8) is 0 Å². The van der Waals surface area contributed by atoms with Crippen molar-refractivity contribution in [1.29, 1.82) is 0 Å². The fourth-order valence-electron chi connectivity index (χ4n) is 2.68. The van der Waals surface area contributed by atoms with Gasteiger partial charge in [0.05, 0.1) is 0 Å². The Morgan fingerprint density at radius 1 is 1.11 bits per heavy atom. The molecular formula is C16H23NO. The molecule has 1 aromatic carbocycles. The van der Waals surface area contributed by atoms with Crippen LogP contribution in [0.4, 0.5) is 0 Å². The highest BCUT2D eigenvalue weighted by Crippen LogP contribution is 2.14. The number of hydrogen-bond acceptors (Lipinski definition) is 2. The maximum atomic E-state index is 12.3. The van der Waals surface area contributed by atoms with E-state index in [1.54, 1.807) is 0 Å². The lowest BCUT2D eigenvalue weighted by Gasteiger charge is -2.23. The summed E-state index contributed by atoms with van der Waals surface area (Å²) in [5.41, 5.74) is 0.847. The van der Waals surface area contributed by atoms with E-state index in [4.69, 9.17) is 0 Å². The van der Waals surface area contributed by atoms with Gasteiger partial charge in [0.15, 0.2) is 5.78 Å². The molecule has 0 bridgehead atoms. The number of nitrogens with zero attached hydrogens (tertiary/aromatic N) is 1. The maximum absolute atomic E-state index is 12.3. The molecule has 0 radical (unpaired) electrons. The molecule has 2 nitrogen and oxygen atoms in total. The summed E-state index contributed by atoms with van der Waals surface area (Å²) in [4.78, 5) is 14.7. The Labute approximate surface area is 110 Å². The Bertz CT molecular complexity index is 366. The van der Waals surface area contributed by atoms with Gasteiger partial charge in [-0.05, 0) is 25.9 Å². The monoisotopic (exact) mass is 245 g/mol. The average molecular weight is 245 g/mol. The smallest absolute Gasteiger partial charge is 0.166 e. The second-order valence-electron chi connectivity index (χ2n) is 5.35. The van der Waals surface area contributed by atoms with E-state index in [1.165, 1.54) is 25.7 Å². The molecule has 1 fully saturated rings. The Hall–Kier alpha value is -1.15. The van der Waals surface area contributed by atoms with Crippen LogP contribution in [0.25, 0.3) is 0 Å². The first-order chi connectivity index (χ1) is 8.77. The van der Waals surface area contributed by atoms with Crippen LogP contribution < -0.4 is 0 Å². The summed E-state index contributed by atoms with van der Waals surface area (Å²) in [6.07, 6.45) is 5.26. The first kappa shape index (κ1) is 13.3. The van der Waals surface area contributed by atoms with E-state index in [0.717, 1.165) is 25.2 Å². The van der Waals surface area contributed by atoms with Crippen molar-refractivity contribution in [1.82, 2.24) is 4.90 Å². The Kier molecular flexibility index (Phi) is 4.94. The summed E-state index contributed by atoms with van der Waals surface area (Å²) in [7, 11) is 0. The van der Waals surface area contributed by atoms with Crippen LogP contribution in [-0.4, -0.2) is 30.3 Å². The predicted molar refractivity (Wildman–Crippen MR) is 74.8 cm³/mol. The van der Waals surface area contributed by atoms with Crippen LogP contribution in [-0.2, 0) is 0 Å². The molecule has 1 heterocycles. The van der Waals surface area contributed by atoms with Gasteiger partial charge in [-0.1, -0.05) is 50.1 Å². The molecule has 0 spiro atoms. The van der Waals surface area contributed by atoms with E-state index in [1.807, 2.05) is 30.3 Å². The van der Waals surface area contributed by atoms with E-state index in [-0.39, 0.29) is 11.7 Å². The third kappa shape index (κ3) is 3.67. The number of hydrogen-bond donors (Lipinski definition) is 0. The molecule has 2 rings (SSSR count). The van der Waals surface area contributed by atoms with Crippen LogP contribution in [0.3, 0.4) is 0 Å². The standard InChI is InChI=1S/C16H23NO/c1-14(13-17-11-7-2-3-8-12-17)16(18)15-9-5-4-6-10-15/h4-6,9-10,14H,2-3,7-8,11-13H2,1H3. The normalized spacial score (nSPS) is 19.2. The molecule has 0 saturated carbocycles. The lowest BCUT2D eigenvalue weighted by Crippen LogP contribution is -2.32. The van der Waals surface area contributed by atoms with Gasteiger partial charge in [-0.25, -0.2) is 0 Å². The lowest BCUT2D eigenvalue weighted by atomic mass is 9.99. The lowest BCUT2D eigenvalue weighted by molar-refractivity contribution is 0.0895. The molecule has 0 amide bonds. The number of Topliss-reactive ketones (excluding diaryl/α,β-unsaturated/α-hetero) is 1. The molecule has 1 aromatic rings. The molecular weight excluding hydrogens is 222 g/mol. The molecule has 1 aliphatic heterocycles. The third-order valence-corrected chi connectivity index (χ3v) is 3.74. The van der Waals surface area contributed by atoms with Crippen molar-refractivity contribution in [3.05, 3.63) is 35.9 Å². The number of benzene rings is 1. The van der Waals surface area contributed by atoms with Crippen LogP contribution >= 0.6 is 0 Å². The zero-order chi connectivity index (χ0) is 12.8. The van der Waals surface area contributed by atoms with Crippen LogP contribution in [0.2, 0.25) is 0 Å². The van der Waals surface area contributed by atoms with Crippen molar-refractivity contribution >= 4 is 5.78 Å². The number of carbonyl (C=O) groups excluding carboxylic acids is 1. The number of rotatable bonds is 4. The second-order valence-corrected chi connectivity index (χ2v) is 5.35. The average Bonchev–Trinajstić information content (AvgIpc) is 2.67. The minimum Gasteiger partial charge on any atom is -0.303 e. The van der Waals surface area contributed by atoms with Gasteiger partial charge in [0, 0.05) is 18.0 Å². The largest absolute Gasteiger partial charge is 0.303 e. The van der Waals surface area contributed by atoms with Gasteiger partial charge in [0.2, 0.25) is 0 Å². The Morgan fingerprint density at radius 2 is 1.72 bits per heavy atom. The minimum atomic E-state index is 0.102. The SMILES string of the molecule is CC(CN1CCCCCC1)C(=O)c1ccccc1. The van der Waals surface area contributed by atoms with Gasteiger partial charge >= 0.3 is 0 Å². The molecule has 0 N–H and O–H groups in total. The van der Waals surface area contributed by atoms with Crippen molar-refractivity contribution in [2.75, 3.05) is 19.6 Å². The first-order valence-electron chi connectivity index (χ1n) is 7.09. The maximum Gasteiger partial charge on any atom is 0.166 e. The zero-order valence-electron chi connectivity index (χ0n) is 11.3. The Balaban J connectivity index is 1.90. The summed E-state index contributed by atoms with van der Waals surface area (Å²) >= 11 is 0. The van der Waals surface area contributed by atoms with Crippen molar-refractivity contribution in [3.8, 4) is 0 Å². The molecule has 18 heavy (non-hydrogen) atoms. The highest BCUT2D eigenvalue weighted by molar-refractivity contribution is 5.97. The molecule has 98 valence electrons. The van der Waals surface area contributed by atoms with E-state index in [9.17, 15) is 4.79 Å². The quantitative estimate of drug-likeness (QED) is 0.758. The van der Waals surface area contributed by atoms with Gasteiger partial charge in [-0.2, -0.15) is 0 Å². The fourth-order valence-corrected chi connectivity index (χ4v) is 2.68. The summed E-state index contributed by atoms with van der Waals surface area (Å²) in [5.74, 6) is 0.380. The van der Waals surface area contributed by atoms with E-state index in [2.05, 4.69) is 11.8 Å². The number of likely N-dealkylation sites (tertiary alicyclic amines) is 1. The third-order valence-electron chi connectivity index (χ3n) is 3.74. The van der Waals surface area contributed by atoms with Crippen molar-refractivity contribution < 1.29 is 4.79 Å². The molecule has 1 aliphatic rings. The summed E-state index contributed by atoms with van der Waals surface area (Å²) in [6.45, 7) is 5.28. The predicted octanol–water partition coefficient (Wildman–Crippen LogP) is 3.38. The van der Waals surface area contributed by atoms with Crippen LogP contribution in [0, 0.1) is 5.92 Å². The van der Waals surface area contributed by atoms with Crippen molar-refractivity contribution in [2.45, 2.75) is 32.6 Å². The number of carbonyl (C=O) groups is 1. The van der Waals surface area contributed by atoms with E-state index >= 15 is 0 Å². The molecule has 1 unspecified atom stereocenters. The fraction of sp³-hybridized carbons (Fsp3) is 0.562. The topological polar surface area (TPSA) is 20.3 Å². The molecule has 0 aliphatic carbocycles. The summed E-state index contributed by atoms with van der Waals surface area (Å²) in [5, 5.41) is 0. The molecule has 0 aromatic heterocycles. The van der Waals surface area contributed by atoms with Gasteiger partial charge in [-0.15, -0.1) is 0 Å². The zero-order valence-corrected chi connectivity index (χ0v) is 11.3. The summed E-state index contributed by atoms with van der Waals surface area (Å²) < 4.78 is 0. The van der Waals surface area contributed by atoms with Gasteiger partial charge < -0.3 is 4.90 Å². The second kappa shape index (κ2) is 6.69. The van der Waals surface area contributed by atoms with Gasteiger partial charge in [0.1, 0.15) is 0 Å². The highest BCUT2D eigenvalue weighted by atomic mass is 16.1. The molecule has 2 heteroatoms. The minimum absolute atomic E-state index is 0.102. The van der Waals surface area contributed by atoms with Crippen LogP contribution in [0.15, 0.2) is 30.3 Å². The van der Waals surface area contributed by atoms with Crippen molar-refractivity contribution in [2.24, 2.45) is 5.92 Å². The van der Waals surface area contributed by atoms with E-state index < -0.39 is 0 Å². The highest BCUT2D eigenvalue weighted by Gasteiger charge is 2.19. The Morgan fingerprint density at radius 3 is 2.33 bits per heavy atom. The molecule has 1 atom stereocenters. The van der Waals surface area contributed by atoms with E-state index in [0.29, 0.717) is 0 Å². The van der Waals surface area contributed by atoms with Crippen LogP contribution in [0.1, 0.15) is 43.0 Å². The van der Waals surface area contributed by atoms with Gasteiger partial charge in [-0.3, -0.25) is 4.79 Å². The summed E-state index contributed by atoms with van der Waals surface area (Å²) in [6, 6.07) is 9.66. The number of ketones is 1. The van der Waals surface area contributed by atoms with Crippen LogP contribution in [0.5, 0.6) is 0 Å². The first-order valence-corrected chi connectivity index (χ1v) is 7.09. The van der Waals surface area contributed by atoms with Gasteiger partial charge in [0.25, 0.3) is 0 Å². The molecule has 1 saturated heterocycles.